The largest absolute Gasteiger partial charge is 0.0616 e. The van der Waals surface area contributed by atoms with Crippen LogP contribution in [0.5, 0.6) is 0 Å². The van der Waals surface area contributed by atoms with E-state index in [1.807, 2.05) is 0 Å². The lowest BCUT2D eigenvalue weighted by Gasteiger charge is -2.24. The second-order valence-corrected chi connectivity index (χ2v) is 27.1. The SMILES string of the molecule is CCc1cc2c(-c3cccc(C(C)(C)C)c3)c3cc4c(cc3c(-c3cccc(C(C)(C)C)c3)c2cc1CC)-c1cc(-c2ccc(C(C)(C)C)cc2)c2c3c(c(-c5ccc(C(C)(C)C)cc5)cc-4c13)-c1cc3ccccc3cc1-2. The van der Waals surface area contributed by atoms with E-state index in [-0.39, 0.29) is 21.7 Å². The zero-order valence-electron chi connectivity index (χ0n) is 48.6. The summed E-state index contributed by atoms with van der Waals surface area (Å²) in [6.45, 7) is 32.6. The highest BCUT2D eigenvalue weighted by atomic mass is 14.4. The summed E-state index contributed by atoms with van der Waals surface area (Å²) in [6, 6.07) is 67.6. The molecule has 0 aromatic heterocycles. The summed E-state index contributed by atoms with van der Waals surface area (Å²) in [4.78, 5) is 0. The fraction of sp³-hybridized carbons (Fsp3) is 0.256. The molecule has 13 rings (SSSR count). The van der Waals surface area contributed by atoms with Gasteiger partial charge in [-0.1, -0.05) is 230 Å². The summed E-state index contributed by atoms with van der Waals surface area (Å²) in [6.07, 6.45) is 1.97. The van der Waals surface area contributed by atoms with Crippen LogP contribution in [0.3, 0.4) is 0 Å². The van der Waals surface area contributed by atoms with E-state index >= 15 is 0 Å². The van der Waals surface area contributed by atoms with Crippen molar-refractivity contribution in [3.8, 4) is 89.0 Å². The van der Waals surface area contributed by atoms with Gasteiger partial charge in [0, 0.05) is 0 Å². The molecule has 0 heteroatoms. The number of aryl methyl sites for hydroxylation is 2. The van der Waals surface area contributed by atoms with Crippen LogP contribution in [-0.2, 0) is 34.5 Å². The third-order valence-corrected chi connectivity index (χ3v) is 17.9. The van der Waals surface area contributed by atoms with Gasteiger partial charge in [-0.15, -0.1) is 0 Å². The Morgan fingerprint density at radius 1 is 0.256 bits per heavy atom. The molecule has 0 nitrogen and oxygen atoms in total. The Morgan fingerprint density at radius 2 is 0.628 bits per heavy atom. The highest BCUT2D eigenvalue weighted by molar-refractivity contribution is 6.33. The third-order valence-electron chi connectivity index (χ3n) is 17.9. The Labute approximate surface area is 464 Å². The molecule has 2 aliphatic rings. The fourth-order valence-corrected chi connectivity index (χ4v) is 13.4. The molecule has 0 saturated carbocycles. The van der Waals surface area contributed by atoms with Crippen molar-refractivity contribution in [3.05, 3.63) is 203 Å². The highest BCUT2D eigenvalue weighted by Gasteiger charge is 2.36. The predicted octanol–water partition coefficient (Wildman–Crippen LogP) is 22.6. The van der Waals surface area contributed by atoms with E-state index in [2.05, 4.69) is 267 Å². The zero-order chi connectivity index (χ0) is 54.5. The normalized spacial score (nSPS) is 13.1. The number of hydrogen-bond donors (Lipinski definition) is 0. The van der Waals surface area contributed by atoms with Crippen LogP contribution in [0.4, 0.5) is 0 Å². The average Bonchev–Trinajstić information content (AvgIpc) is 3.97. The summed E-state index contributed by atoms with van der Waals surface area (Å²) in [5.74, 6) is 0. The first-order valence-corrected chi connectivity index (χ1v) is 28.9. The van der Waals surface area contributed by atoms with Crippen LogP contribution in [-0.4, -0.2) is 0 Å². The molecule has 0 spiro atoms. The van der Waals surface area contributed by atoms with Gasteiger partial charge in [0.05, 0.1) is 0 Å². The summed E-state index contributed by atoms with van der Waals surface area (Å²) in [5, 5.41) is 10.6. The third kappa shape index (κ3) is 7.83. The lowest BCUT2D eigenvalue weighted by molar-refractivity contribution is 0.590. The lowest BCUT2D eigenvalue weighted by Crippen LogP contribution is -2.11. The molecule has 0 amide bonds. The van der Waals surface area contributed by atoms with Gasteiger partial charge < -0.3 is 0 Å². The van der Waals surface area contributed by atoms with Gasteiger partial charge in [-0.05, 0) is 236 Å². The van der Waals surface area contributed by atoms with E-state index in [0.717, 1.165) is 12.8 Å². The zero-order valence-corrected chi connectivity index (χ0v) is 48.6. The summed E-state index contributed by atoms with van der Waals surface area (Å²) >= 11 is 0. The van der Waals surface area contributed by atoms with Crippen LogP contribution in [0.25, 0.3) is 132 Å². The molecule has 0 aliphatic heterocycles. The molecule has 11 aromatic carbocycles. The standard InChI is InChI=1S/C78H74/c1-15-45-37-61-62(38-46(45)16-2)70(52-24-20-26-56(36-52)78(12,13)14)68-44-60-59(43-67(68)69(61)51-23-19-25-55(35-51)77(9,10)11)65-41-57(47-27-31-53(32-28-47)75(3,4)5)71-63-39-49-21-17-18-22-50(49)40-64(63)72-58(42-66(60)73(65)74(71)72)48-29-33-54(34-30-48)76(6,7)8/h17-44H,15-16H2,1-14H3. The molecule has 2 aliphatic carbocycles. The van der Waals surface area contributed by atoms with Crippen LogP contribution >= 0.6 is 0 Å². The van der Waals surface area contributed by atoms with E-state index in [1.165, 1.54) is 165 Å². The quantitative estimate of drug-likeness (QED) is 0.146. The second kappa shape index (κ2) is 17.5. The van der Waals surface area contributed by atoms with Gasteiger partial charge in [0.25, 0.3) is 0 Å². The van der Waals surface area contributed by atoms with Crippen LogP contribution in [0.2, 0.25) is 0 Å². The maximum absolute atomic E-state index is 2.64. The number of rotatable bonds is 6. The van der Waals surface area contributed by atoms with Gasteiger partial charge >= 0.3 is 0 Å². The number of benzene rings is 11. The van der Waals surface area contributed by atoms with Crippen LogP contribution in [0, 0.1) is 0 Å². The van der Waals surface area contributed by atoms with Crippen molar-refractivity contribution >= 4 is 43.1 Å². The minimum Gasteiger partial charge on any atom is -0.0616 e. The Hall–Kier alpha value is -7.54. The Morgan fingerprint density at radius 3 is 0.987 bits per heavy atom. The minimum atomic E-state index is -0.0190. The second-order valence-electron chi connectivity index (χ2n) is 27.1. The molecule has 0 unspecified atom stereocenters. The van der Waals surface area contributed by atoms with Crippen molar-refractivity contribution in [1.82, 2.24) is 0 Å². The van der Waals surface area contributed by atoms with Gasteiger partial charge in [0.1, 0.15) is 0 Å². The van der Waals surface area contributed by atoms with E-state index in [0.29, 0.717) is 0 Å². The van der Waals surface area contributed by atoms with E-state index in [9.17, 15) is 0 Å². The van der Waals surface area contributed by atoms with E-state index in [1.54, 1.807) is 0 Å². The minimum absolute atomic E-state index is 0.0190. The molecule has 0 atom stereocenters. The molecule has 0 radical (unpaired) electrons. The van der Waals surface area contributed by atoms with Crippen LogP contribution in [0.1, 0.15) is 130 Å². The van der Waals surface area contributed by atoms with E-state index in [4.69, 9.17) is 0 Å². The Bertz CT molecular complexity index is 4040. The van der Waals surface area contributed by atoms with Gasteiger partial charge in [-0.2, -0.15) is 0 Å². The monoisotopic (exact) mass is 1010 g/mol. The van der Waals surface area contributed by atoms with Crippen molar-refractivity contribution in [1.29, 1.82) is 0 Å². The maximum Gasteiger partial charge on any atom is -0.000137 e. The first kappa shape index (κ1) is 50.0. The molecule has 11 aromatic rings. The summed E-state index contributed by atoms with van der Waals surface area (Å²) in [5.41, 5.74) is 29.2. The molecule has 0 N–H and O–H groups in total. The summed E-state index contributed by atoms with van der Waals surface area (Å²) in [7, 11) is 0. The fourth-order valence-electron chi connectivity index (χ4n) is 13.4. The molecule has 0 bridgehead atoms. The van der Waals surface area contributed by atoms with Crippen molar-refractivity contribution < 1.29 is 0 Å². The topological polar surface area (TPSA) is 0 Å². The van der Waals surface area contributed by atoms with Crippen molar-refractivity contribution in [3.63, 3.8) is 0 Å². The smallest absolute Gasteiger partial charge is 0.000137 e. The molecule has 0 heterocycles. The summed E-state index contributed by atoms with van der Waals surface area (Å²) < 4.78 is 0. The number of fused-ring (bicyclic) bond motifs is 9. The molecular formula is C78H74. The van der Waals surface area contributed by atoms with Gasteiger partial charge in [0.15, 0.2) is 0 Å². The molecule has 78 heavy (non-hydrogen) atoms. The number of hydrogen-bond acceptors (Lipinski definition) is 0. The van der Waals surface area contributed by atoms with Gasteiger partial charge in [-0.3, -0.25) is 0 Å². The maximum atomic E-state index is 2.64. The first-order chi connectivity index (χ1) is 37.1. The molecule has 386 valence electrons. The van der Waals surface area contributed by atoms with E-state index < -0.39 is 0 Å². The van der Waals surface area contributed by atoms with Crippen LogP contribution < -0.4 is 0 Å². The predicted molar refractivity (Wildman–Crippen MR) is 341 cm³/mol. The molecule has 0 fully saturated rings. The van der Waals surface area contributed by atoms with Gasteiger partial charge in [0.2, 0.25) is 0 Å². The highest BCUT2D eigenvalue weighted by Crippen LogP contribution is 2.63. The molecule has 0 saturated heterocycles. The first-order valence-electron chi connectivity index (χ1n) is 28.9. The van der Waals surface area contributed by atoms with Crippen molar-refractivity contribution in [2.24, 2.45) is 0 Å². The van der Waals surface area contributed by atoms with Crippen LogP contribution in [0.15, 0.2) is 170 Å². The van der Waals surface area contributed by atoms with Crippen molar-refractivity contribution in [2.75, 3.05) is 0 Å². The van der Waals surface area contributed by atoms with Gasteiger partial charge in [-0.25, -0.2) is 0 Å². The Kier molecular flexibility index (Phi) is 11.2. The van der Waals surface area contributed by atoms with Crippen molar-refractivity contribution in [2.45, 2.75) is 131 Å². The average molecular weight is 1010 g/mol. The lowest BCUT2D eigenvalue weighted by atomic mass is 9.79. The molecular weight excluding hydrogens is 937 g/mol. The Balaban J connectivity index is 1.23.